The maximum absolute atomic E-state index is 12.9. The monoisotopic (exact) mass is 383 g/mol. The van der Waals surface area contributed by atoms with Crippen LogP contribution in [0.25, 0.3) is 0 Å². The van der Waals surface area contributed by atoms with Crippen molar-refractivity contribution in [1.82, 2.24) is 4.98 Å². The molecule has 0 spiro atoms. The van der Waals surface area contributed by atoms with Gasteiger partial charge in [0.1, 0.15) is 5.69 Å². The smallest absolute Gasteiger partial charge is 0.339 e. The fourth-order valence-corrected chi connectivity index (χ4v) is 3.62. The molecule has 2 heterocycles. The zero-order valence-electron chi connectivity index (χ0n) is 16.4. The summed E-state index contributed by atoms with van der Waals surface area (Å²) in [4.78, 5) is 41.8. The number of rotatable bonds is 6. The highest BCUT2D eigenvalue weighted by Crippen LogP contribution is 2.26. The van der Waals surface area contributed by atoms with Crippen LogP contribution in [0.1, 0.15) is 58.3 Å². The first kappa shape index (κ1) is 19.7. The van der Waals surface area contributed by atoms with Crippen molar-refractivity contribution < 1.29 is 19.1 Å². The molecule has 0 saturated carbocycles. The van der Waals surface area contributed by atoms with E-state index in [1.54, 1.807) is 24.0 Å². The van der Waals surface area contributed by atoms with Crippen molar-refractivity contribution in [1.29, 1.82) is 0 Å². The van der Waals surface area contributed by atoms with E-state index in [9.17, 15) is 14.4 Å². The van der Waals surface area contributed by atoms with Crippen molar-refractivity contribution in [2.45, 2.75) is 39.5 Å². The van der Waals surface area contributed by atoms with E-state index in [0.29, 0.717) is 47.6 Å². The molecule has 2 N–H and O–H groups in total. The number of amides is 2. The lowest BCUT2D eigenvalue weighted by Gasteiger charge is -2.16. The van der Waals surface area contributed by atoms with Crippen molar-refractivity contribution in [2.24, 2.45) is 0 Å². The summed E-state index contributed by atoms with van der Waals surface area (Å²) in [7, 11) is 1.33. The Morgan fingerprint density at radius 2 is 2.11 bits per heavy atom. The van der Waals surface area contributed by atoms with Crippen molar-refractivity contribution >= 4 is 29.2 Å². The topological polar surface area (TPSA) is 91.5 Å². The molecule has 7 nitrogen and oxygen atoms in total. The second-order valence-electron chi connectivity index (χ2n) is 6.87. The summed E-state index contributed by atoms with van der Waals surface area (Å²) >= 11 is 0. The molecule has 0 aliphatic carbocycles. The molecule has 1 fully saturated rings. The van der Waals surface area contributed by atoms with Crippen molar-refractivity contribution in [3.63, 3.8) is 0 Å². The molecule has 1 saturated heterocycles. The molecular weight excluding hydrogens is 358 g/mol. The van der Waals surface area contributed by atoms with E-state index in [4.69, 9.17) is 4.74 Å². The average molecular weight is 383 g/mol. The lowest BCUT2D eigenvalue weighted by Crippen LogP contribution is -2.23. The Labute approximate surface area is 164 Å². The van der Waals surface area contributed by atoms with E-state index in [0.717, 1.165) is 18.5 Å². The van der Waals surface area contributed by atoms with E-state index in [-0.39, 0.29) is 11.8 Å². The highest BCUT2D eigenvalue weighted by atomic mass is 16.5. The van der Waals surface area contributed by atoms with Gasteiger partial charge in [-0.1, -0.05) is 19.4 Å². The van der Waals surface area contributed by atoms with Gasteiger partial charge in [-0.15, -0.1) is 0 Å². The van der Waals surface area contributed by atoms with Gasteiger partial charge in [-0.2, -0.15) is 0 Å². The Morgan fingerprint density at radius 1 is 1.32 bits per heavy atom. The maximum Gasteiger partial charge on any atom is 0.339 e. The van der Waals surface area contributed by atoms with E-state index in [1.165, 1.54) is 7.11 Å². The number of benzene rings is 1. The second-order valence-corrected chi connectivity index (χ2v) is 6.87. The van der Waals surface area contributed by atoms with E-state index in [1.807, 2.05) is 19.1 Å². The molecule has 28 heavy (non-hydrogen) atoms. The van der Waals surface area contributed by atoms with Gasteiger partial charge in [-0.25, -0.2) is 4.79 Å². The minimum Gasteiger partial charge on any atom is -0.465 e. The Kier molecular flexibility index (Phi) is 5.82. The van der Waals surface area contributed by atoms with E-state index >= 15 is 0 Å². The number of esters is 1. The normalized spacial score (nSPS) is 13.7. The molecule has 1 aromatic heterocycles. The first-order valence-electron chi connectivity index (χ1n) is 9.47. The van der Waals surface area contributed by atoms with Crippen LogP contribution >= 0.6 is 0 Å². The fraction of sp³-hybridized carbons (Fsp3) is 0.381. The zero-order chi connectivity index (χ0) is 20.3. The number of hydrogen-bond donors (Lipinski definition) is 2. The van der Waals surface area contributed by atoms with Crippen LogP contribution in [0.2, 0.25) is 0 Å². The standard InChI is InChI=1S/C21H25N3O4/c1-4-7-16-18(21(27)28-3)13(2)22-19(16)20(26)23-14-8-5-9-15(12-14)24-11-6-10-17(24)25/h5,8-9,12,22H,4,6-7,10-11H2,1-3H3,(H,23,26). The molecule has 1 aliphatic rings. The number of H-pyrrole nitrogens is 1. The van der Waals surface area contributed by atoms with Crippen LogP contribution in [0.15, 0.2) is 24.3 Å². The SMILES string of the molecule is CCCc1c(C(=O)Nc2cccc(N3CCCC3=O)c2)[nH]c(C)c1C(=O)OC. The second kappa shape index (κ2) is 8.29. The number of aromatic amines is 1. The summed E-state index contributed by atoms with van der Waals surface area (Å²) in [5.74, 6) is -0.686. The molecule has 2 aromatic rings. The number of aryl methyl sites for hydroxylation is 1. The predicted octanol–water partition coefficient (Wildman–Crippen LogP) is 3.44. The van der Waals surface area contributed by atoms with Gasteiger partial charge in [0.05, 0.1) is 12.7 Å². The van der Waals surface area contributed by atoms with Gasteiger partial charge in [0.2, 0.25) is 5.91 Å². The van der Waals surface area contributed by atoms with Crippen molar-refractivity contribution in [2.75, 3.05) is 23.9 Å². The highest BCUT2D eigenvalue weighted by molar-refractivity contribution is 6.07. The largest absolute Gasteiger partial charge is 0.465 e. The number of anilines is 2. The summed E-state index contributed by atoms with van der Waals surface area (Å²) in [5, 5.41) is 2.87. The van der Waals surface area contributed by atoms with Gasteiger partial charge < -0.3 is 19.9 Å². The third-order valence-electron chi connectivity index (χ3n) is 4.90. The third-order valence-corrected chi connectivity index (χ3v) is 4.90. The number of carbonyl (C=O) groups excluding carboxylic acids is 3. The minimum atomic E-state index is -0.453. The van der Waals surface area contributed by atoms with Crippen LogP contribution in [0.5, 0.6) is 0 Å². The lowest BCUT2D eigenvalue weighted by atomic mass is 10.0. The first-order chi connectivity index (χ1) is 13.5. The Hall–Kier alpha value is -3.09. The Balaban J connectivity index is 1.87. The van der Waals surface area contributed by atoms with Gasteiger partial charge in [-0.3, -0.25) is 9.59 Å². The number of nitrogens with zero attached hydrogens (tertiary/aromatic N) is 1. The minimum absolute atomic E-state index is 0.0939. The zero-order valence-corrected chi connectivity index (χ0v) is 16.4. The maximum atomic E-state index is 12.9. The molecule has 1 aromatic carbocycles. The lowest BCUT2D eigenvalue weighted by molar-refractivity contribution is -0.117. The molecule has 2 amide bonds. The van der Waals surface area contributed by atoms with Crippen LogP contribution < -0.4 is 10.2 Å². The van der Waals surface area contributed by atoms with Gasteiger partial charge >= 0.3 is 5.97 Å². The quantitative estimate of drug-likeness (QED) is 0.748. The summed E-state index contributed by atoms with van der Waals surface area (Å²) in [6.07, 6.45) is 2.76. The van der Waals surface area contributed by atoms with Crippen molar-refractivity contribution in [3.05, 3.63) is 46.8 Å². The number of hydrogen-bond acceptors (Lipinski definition) is 4. The van der Waals surface area contributed by atoms with Gasteiger partial charge in [0, 0.05) is 30.0 Å². The molecular formula is C21H25N3O4. The van der Waals surface area contributed by atoms with Crippen LogP contribution in [0.4, 0.5) is 11.4 Å². The van der Waals surface area contributed by atoms with Gasteiger partial charge in [0.15, 0.2) is 0 Å². The number of methoxy groups -OCH3 is 1. The van der Waals surface area contributed by atoms with Crippen LogP contribution in [0.3, 0.4) is 0 Å². The average Bonchev–Trinajstić information content (AvgIpc) is 3.25. The Bertz CT molecular complexity index is 916. The fourth-order valence-electron chi connectivity index (χ4n) is 3.62. The van der Waals surface area contributed by atoms with Crippen molar-refractivity contribution in [3.8, 4) is 0 Å². The van der Waals surface area contributed by atoms with Gasteiger partial charge in [-0.05, 0) is 43.5 Å². The molecule has 0 bridgehead atoms. The number of ether oxygens (including phenoxy) is 1. The molecule has 0 radical (unpaired) electrons. The van der Waals surface area contributed by atoms with Crippen LogP contribution in [0, 0.1) is 6.92 Å². The number of carbonyl (C=O) groups is 3. The van der Waals surface area contributed by atoms with Crippen LogP contribution in [-0.2, 0) is 16.0 Å². The summed E-state index contributed by atoms with van der Waals surface area (Å²) in [5.41, 5.74) is 3.42. The Morgan fingerprint density at radius 3 is 2.75 bits per heavy atom. The third kappa shape index (κ3) is 3.78. The molecule has 0 unspecified atom stereocenters. The molecule has 3 rings (SSSR count). The van der Waals surface area contributed by atoms with Gasteiger partial charge in [0.25, 0.3) is 5.91 Å². The summed E-state index contributed by atoms with van der Waals surface area (Å²) in [6.45, 7) is 4.43. The summed E-state index contributed by atoms with van der Waals surface area (Å²) < 4.78 is 4.87. The highest BCUT2D eigenvalue weighted by Gasteiger charge is 2.25. The molecule has 0 atom stereocenters. The molecule has 7 heteroatoms. The van der Waals surface area contributed by atoms with Crippen LogP contribution in [-0.4, -0.2) is 36.4 Å². The number of aromatic nitrogens is 1. The van der Waals surface area contributed by atoms with E-state index in [2.05, 4.69) is 10.3 Å². The summed E-state index contributed by atoms with van der Waals surface area (Å²) in [6, 6.07) is 7.23. The number of nitrogens with one attached hydrogen (secondary N) is 2. The first-order valence-corrected chi connectivity index (χ1v) is 9.47. The molecule has 148 valence electrons. The predicted molar refractivity (Wildman–Crippen MR) is 107 cm³/mol. The van der Waals surface area contributed by atoms with E-state index < -0.39 is 5.97 Å². The molecule has 1 aliphatic heterocycles.